The van der Waals surface area contributed by atoms with Gasteiger partial charge in [0.25, 0.3) is 0 Å². The number of rotatable bonds is 6. The summed E-state index contributed by atoms with van der Waals surface area (Å²) in [5.74, 6) is 0.191. The Hall–Kier alpha value is -3.37. The van der Waals surface area contributed by atoms with Crippen LogP contribution in [0, 0.1) is 18.3 Å². The first-order valence-corrected chi connectivity index (χ1v) is 10.0. The van der Waals surface area contributed by atoms with Crippen molar-refractivity contribution < 1.29 is 14.3 Å². The highest BCUT2D eigenvalue weighted by Crippen LogP contribution is 2.35. The van der Waals surface area contributed by atoms with Gasteiger partial charge in [0.15, 0.2) is 11.7 Å². The van der Waals surface area contributed by atoms with Crippen molar-refractivity contribution >= 4 is 29.0 Å². The zero-order chi connectivity index (χ0) is 21.7. The van der Waals surface area contributed by atoms with E-state index < -0.39 is 12.0 Å². The first kappa shape index (κ1) is 21.3. The molecular formula is C23H23N3O3S. The Morgan fingerprint density at radius 3 is 2.60 bits per heavy atom. The van der Waals surface area contributed by atoms with E-state index in [9.17, 15) is 4.79 Å². The highest BCUT2D eigenvalue weighted by molar-refractivity contribution is 7.80. The molecule has 0 amide bonds. The third kappa shape index (κ3) is 4.44. The number of carbonyl (C=O) groups excluding carboxylic acids is 1. The van der Waals surface area contributed by atoms with E-state index in [2.05, 4.69) is 5.32 Å². The number of anilines is 1. The monoisotopic (exact) mass is 421 g/mol. The number of allylic oxidation sites excluding steroid dienone is 1. The summed E-state index contributed by atoms with van der Waals surface area (Å²) >= 11 is 5.66. The Kier molecular flexibility index (Phi) is 6.70. The Balaban J connectivity index is 2.04. The molecule has 3 rings (SSSR count). The second-order valence-corrected chi connectivity index (χ2v) is 7.18. The molecule has 0 saturated carbocycles. The van der Waals surface area contributed by atoms with Gasteiger partial charge >= 0.3 is 5.97 Å². The van der Waals surface area contributed by atoms with E-state index in [0.717, 1.165) is 22.5 Å². The lowest BCUT2D eigenvalue weighted by atomic mass is 9.94. The van der Waals surface area contributed by atoms with Crippen LogP contribution in [0.2, 0.25) is 0 Å². The van der Waals surface area contributed by atoms with Crippen LogP contribution in [0.15, 0.2) is 59.8 Å². The molecule has 0 radical (unpaired) electrons. The third-order valence-electron chi connectivity index (χ3n) is 4.76. The van der Waals surface area contributed by atoms with Crippen LogP contribution < -0.4 is 15.0 Å². The van der Waals surface area contributed by atoms with Crippen molar-refractivity contribution in [1.29, 1.82) is 5.26 Å². The number of nitriles is 1. The molecule has 0 aromatic heterocycles. The lowest BCUT2D eigenvalue weighted by molar-refractivity contribution is -0.139. The van der Waals surface area contributed by atoms with Crippen LogP contribution in [-0.2, 0) is 9.53 Å². The molecule has 2 aromatic rings. The highest BCUT2D eigenvalue weighted by atomic mass is 32.1. The van der Waals surface area contributed by atoms with Crippen molar-refractivity contribution in [3.05, 3.63) is 70.9 Å². The summed E-state index contributed by atoms with van der Waals surface area (Å²) in [4.78, 5) is 14.8. The van der Waals surface area contributed by atoms with Crippen molar-refractivity contribution in [1.82, 2.24) is 5.32 Å². The van der Waals surface area contributed by atoms with Crippen LogP contribution >= 0.6 is 12.2 Å². The SMILES string of the molecule is CCOC(=O)C1=C(C)N(c2cccc(C)c2)C(=S)N[C@H]1c1ccc(OCC#N)cc1. The molecule has 7 heteroatoms. The first-order valence-electron chi connectivity index (χ1n) is 9.61. The average molecular weight is 422 g/mol. The Labute approximate surface area is 181 Å². The van der Waals surface area contributed by atoms with Gasteiger partial charge in [-0.05, 0) is 68.4 Å². The zero-order valence-corrected chi connectivity index (χ0v) is 18.0. The second-order valence-electron chi connectivity index (χ2n) is 6.79. The molecule has 0 saturated heterocycles. The molecule has 1 N–H and O–H groups in total. The van der Waals surface area contributed by atoms with Gasteiger partial charge in [-0.3, -0.25) is 4.90 Å². The largest absolute Gasteiger partial charge is 0.479 e. The maximum Gasteiger partial charge on any atom is 0.338 e. The molecule has 1 heterocycles. The number of benzene rings is 2. The van der Waals surface area contributed by atoms with Crippen LogP contribution in [0.1, 0.15) is 31.0 Å². The van der Waals surface area contributed by atoms with Gasteiger partial charge < -0.3 is 14.8 Å². The van der Waals surface area contributed by atoms with E-state index >= 15 is 0 Å². The number of aryl methyl sites for hydroxylation is 1. The maximum absolute atomic E-state index is 12.9. The molecule has 6 nitrogen and oxygen atoms in total. The van der Waals surface area contributed by atoms with Gasteiger partial charge in [0, 0.05) is 11.4 Å². The summed E-state index contributed by atoms with van der Waals surface area (Å²) in [6, 6.07) is 16.6. The van der Waals surface area contributed by atoms with Gasteiger partial charge in [0.05, 0.1) is 18.2 Å². The van der Waals surface area contributed by atoms with E-state index in [0.29, 0.717) is 16.4 Å². The number of carbonyl (C=O) groups is 1. The van der Waals surface area contributed by atoms with Crippen LogP contribution in [0.25, 0.3) is 0 Å². The fraction of sp³-hybridized carbons (Fsp3) is 0.261. The van der Waals surface area contributed by atoms with E-state index in [-0.39, 0.29) is 13.2 Å². The van der Waals surface area contributed by atoms with Gasteiger partial charge in [-0.15, -0.1) is 0 Å². The minimum Gasteiger partial charge on any atom is -0.479 e. The van der Waals surface area contributed by atoms with Crippen LogP contribution in [-0.4, -0.2) is 24.3 Å². The van der Waals surface area contributed by atoms with Gasteiger partial charge in [-0.1, -0.05) is 24.3 Å². The summed E-state index contributed by atoms with van der Waals surface area (Å²) < 4.78 is 10.7. The number of hydrogen-bond acceptors (Lipinski definition) is 5. The van der Waals surface area contributed by atoms with Crippen molar-refractivity contribution in [2.24, 2.45) is 0 Å². The van der Waals surface area contributed by atoms with E-state index in [1.54, 1.807) is 19.1 Å². The molecule has 0 bridgehead atoms. The lowest BCUT2D eigenvalue weighted by Gasteiger charge is -2.37. The summed E-state index contributed by atoms with van der Waals surface area (Å²) in [7, 11) is 0. The van der Waals surface area contributed by atoms with Crippen molar-refractivity contribution in [2.75, 3.05) is 18.1 Å². The molecule has 0 unspecified atom stereocenters. The van der Waals surface area contributed by atoms with Gasteiger partial charge in [0.1, 0.15) is 11.8 Å². The molecule has 1 aliphatic rings. The van der Waals surface area contributed by atoms with Crippen molar-refractivity contribution in [3.8, 4) is 11.8 Å². The molecule has 1 atom stereocenters. The summed E-state index contributed by atoms with van der Waals surface area (Å²) in [6.45, 7) is 5.91. The van der Waals surface area contributed by atoms with Gasteiger partial charge in [-0.2, -0.15) is 5.26 Å². The van der Waals surface area contributed by atoms with Crippen molar-refractivity contribution in [2.45, 2.75) is 26.8 Å². The second kappa shape index (κ2) is 9.42. The third-order valence-corrected chi connectivity index (χ3v) is 5.06. The predicted molar refractivity (Wildman–Crippen MR) is 119 cm³/mol. The summed E-state index contributed by atoms with van der Waals surface area (Å²) in [5.41, 5.74) is 4.03. The molecule has 30 heavy (non-hydrogen) atoms. The topological polar surface area (TPSA) is 74.6 Å². The zero-order valence-electron chi connectivity index (χ0n) is 17.1. The highest BCUT2D eigenvalue weighted by Gasteiger charge is 2.35. The number of esters is 1. The summed E-state index contributed by atoms with van der Waals surface area (Å²) in [6.07, 6.45) is 0. The Morgan fingerprint density at radius 2 is 1.97 bits per heavy atom. The smallest absolute Gasteiger partial charge is 0.338 e. The van der Waals surface area contributed by atoms with Crippen molar-refractivity contribution in [3.63, 3.8) is 0 Å². The fourth-order valence-corrected chi connectivity index (χ4v) is 3.78. The molecular weight excluding hydrogens is 398 g/mol. The number of thiocarbonyl (C=S) groups is 1. The molecule has 0 fully saturated rings. The Morgan fingerprint density at radius 1 is 1.23 bits per heavy atom. The Bertz CT molecular complexity index is 1020. The maximum atomic E-state index is 12.9. The van der Waals surface area contributed by atoms with Crippen LogP contribution in [0.4, 0.5) is 5.69 Å². The van der Waals surface area contributed by atoms with Gasteiger partial charge in [0.2, 0.25) is 0 Å². The molecule has 154 valence electrons. The van der Waals surface area contributed by atoms with E-state index in [4.69, 9.17) is 27.0 Å². The average Bonchev–Trinajstić information content (AvgIpc) is 2.72. The first-order chi connectivity index (χ1) is 14.5. The lowest BCUT2D eigenvalue weighted by Crippen LogP contribution is -2.48. The number of nitrogens with one attached hydrogen (secondary N) is 1. The minimum atomic E-state index is -0.456. The minimum absolute atomic E-state index is 0.0242. The molecule has 0 spiro atoms. The van der Waals surface area contributed by atoms with E-state index in [1.165, 1.54) is 0 Å². The van der Waals surface area contributed by atoms with Gasteiger partial charge in [-0.25, -0.2) is 4.79 Å². The molecule has 2 aromatic carbocycles. The predicted octanol–water partition coefficient (Wildman–Crippen LogP) is 4.17. The molecule has 1 aliphatic heterocycles. The van der Waals surface area contributed by atoms with E-state index in [1.807, 2.05) is 61.2 Å². The number of hydrogen-bond donors (Lipinski definition) is 1. The van der Waals surface area contributed by atoms with Crippen LogP contribution in [0.3, 0.4) is 0 Å². The summed E-state index contributed by atoms with van der Waals surface area (Å²) in [5, 5.41) is 12.5. The number of ether oxygens (including phenoxy) is 2. The normalized spacial score (nSPS) is 16.0. The number of nitrogens with zero attached hydrogens (tertiary/aromatic N) is 2. The quantitative estimate of drug-likeness (QED) is 0.554. The fourth-order valence-electron chi connectivity index (χ4n) is 3.42. The molecule has 0 aliphatic carbocycles. The standard InChI is InChI=1S/C23H23N3O3S/c1-4-28-22(27)20-16(3)26(18-7-5-6-15(2)14-18)23(30)25-21(20)17-8-10-19(11-9-17)29-13-12-24/h5-11,14,21H,4,13H2,1-3H3,(H,25,30)/t21-/m0/s1. The van der Waals surface area contributed by atoms with Crippen LogP contribution in [0.5, 0.6) is 5.75 Å².